The van der Waals surface area contributed by atoms with Gasteiger partial charge >= 0.3 is 6.03 Å². The number of aliphatic hydroxyl groups is 1. The van der Waals surface area contributed by atoms with Crippen LogP contribution in [0.3, 0.4) is 0 Å². The summed E-state index contributed by atoms with van der Waals surface area (Å²) in [5.74, 6) is 2.11. The lowest BCUT2D eigenvalue weighted by molar-refractivity contribution is 0.108. The predicted octanol–water partition coefficient (Wildman–Crippen LogP) is 2.51. The molecule has 178 valence electrons. The number of aliphatic hydroxyl groups excluding tert-OH is 1. The van der Waals surface area contributed by atoms with Crippen LogP contribution in [0.2, 0.25) is 0 Å². The van der Waals surface area contributed by atoms with E-state index in [1.807, 2.05) is 36.4 Å². The minimum atomic E-state index is -0.867. The Labute approximate surface area is 194 Å². The molecule has 0 spiro atoms. The summed E-state index contributed by atoms with van der Waals surface area (Å²) in [5.41, 5.74) is 1.81. The van der Waals surface area contributed by atoms with Gasteiger partial charge in [-0.3, -0.25) is 0 Å². The van der Waals surface area contributed by atoms with Gasteiger partial charge < -0.3 is 34.9 Å². The lowest BCUT2D eigenvalue weighted by Gasteiger charge is -2.29. The van der Waals surface area contributed by atoms with Crippen LogP contribution >= 0.6 is 0 Å². The zero-order chi connectivity index (χ0) is 23.0. The Morgan fingerprint density at radius 1 is 1.09 bits per heavy atom. The van der Waals surface area contributed by atoms with E-state index in [1.54, 1.807) is 13.2 Å². The molecule has 0 radical (unpaired) electrons. The number of urea groups is 1. The minimum absolute atomic E-state index is 0.288. The van der Waals surface area contributed by atoms with E-state index in [2.05, 4.69) is 15.5 Å². The van der Waals surface area contributed by atoms with Crippen molar-refractivity contribution < 1.29 is 24.1 Å². The van der Waals surface area contributed by atoms with Gasteiger partial charge in [-0.25, -0.2) is 4.79 Å². The maximum absolute atomic E-state index is 12.7. The highest BCUT2D eigenvalue weighted by atomic mass is 16.6. The summed E-state index contributed by atoms with van der Waals surface area (Å²) >= 11 is 0. The van der Waals surface area contributed by atoms with E-state index < -0.39 is 12.1 Å². The molecule has 4 rings (SSSR count). The van der Waals surface area contributed by atoms with Crippen molar-refractivity contribution in [2.75, 3.05) is 46.5 Å². The van der Waals surface area contributed by atoms with E-state index >= 15 is 0 Å². The average Bonchev–Trinajstić information content (AvgIpc) is 3.36. The van der Waals surface area contributed by atoms with E-state index in [-0.39, 0.29) is 6.03 Å². The lowest BCUT2D eigenvalue weighted by Crippen LogP contribution is -2.50. The molecule has 0 unspecified atom stereocenters. The van der Waals surface area contributed by atoms with E-state index in [4.69, 9.17) is 14.2 Å². The molecule has 0 bridgehead atoms. The molecule has 0 aliphatic carbocycles. The molecule has 1 fully saturated rings. The van der Waals surface area contributed by atoms with Crippen molar-refractivity contribution in [3.63, 3.8) is 0 Å². The van der Waals surface area contributed by atoms with Gasteiger partial charge in [-0.05, 0) is 67.7 Å². The highest BCUT2D eigenvalue weighted by Gasteiger charge is 2.27. The van der Waals surface area contributed by atoms with Crippen LogP contribution in [0, 0.1) is 0 Å². The third kappa shape index (κ3) is 6.30. The second-order valence-electron chi connectivity index (χ2n) is 8.46. The van der Waals surface area contributed by atoms with Crippen molar-refractivity contribution in [2.45, 2.75) is 31.4 Å². The van der Waals surface area contributed by atoms with E-state index in [1.165, 1.54) is 0 Å². The zero-order valence-electron chi connectivity index (χ0n) is 19.1. The minimum Gasteiger partial charge on any atom is -0.497 e. The third-order valence-electron chi connectivity index (χ3n) is 6.12. The second kappa shape index (κ2) is 11.2. The molecule has 1 saturated heterocycles. The summed E-state index contributed by atoms with van der Waals surface area (Å²) in [6.07, 6.45) is 2.12. The summed E-state index contributed by atoms with van der Waals surface area (Å²) in [6, 6.07) is 12.5. The first-order valence-electron chi connectivity index (χ1n) is 11.6. The molecule has 2 aromatic rings. The van der Waals surface area contributed by atoms with Gasteiger partial charge in [0.15, 0.2) is 11.5 Å². The van der Waals surface area contributed by atoms with Crippen molar-refractivity contribution in [2.24, 2.45) is 0 Å². The molecule has 8 nitrogen and oxygen atoms in total. The third-order valence-corrected chi connectivity index (χ3v) is 6.12. The van der Waals surface area contributed by atoms with Gasteiger partial charge in [-0.2, -0.15) is 0 Å². The van der Waals surface area contributed by atoms with Gasteiger partial charge in [0.1, 0.15) is 25.1 Å². The number of hydrogen-bond acceptors (Lipinski definition) is 6. The van der Waals surface area contributed by atoms with Crippen LogP contribution in [0.5, 0.6) is 17.2 Å². The second-order valence-corrected chi connectivity index (χ2v) is 8.46. The van der Waals surface area contributed by atoms with Crippen LogP contribution in [0.15, 0.2) is 42.5 Å². The van der Waals surface area contributed by atoms with Crippen LogP contribution in [0.1, 0.15) is 30.1 Å². The van der Waals surface area contributed by atoms with Crippen molar-refractivity contribution in [3.8, 4) is 17.2 Å². The van der Waals surface area contributed by atoms with E-state index in [9.17, 15) is 9.90 Å². The molecule has 2 aromatic carbocycles. The normalized spacial score (nSPS) is 17.3. The Kier molecular flexibility index (Phi) is 7.91. The molecule has 0 saturated carbocycles. The highest BCUT2D eigenvalue weighted by Crippen LogP contribution is 2.33. The number of carbonyl (C=O) groups is 1. The first kappa shape index (κ1) is 23.2. The van der Waals surface area contributed by atoms with E-state index in [0.717, 1.165) is 37.2 Å². The Bertz CT molecular complexity index is 915. The number of rotatable bonds is 9. The summed E-state index contributed by atoms with van der Waals surface area (Å²) < 4.78 is 16.4. The van der Waals surface area contributed by atoms with Gasteiger partial charge in [-0.1, -0.05) is 18.2 Å². The zero-order valence-corrected chi connectivity index (χ0v) is 19.1. The molecule has 2 heterocycles. The fraction of sp³-hybridized carbons (Fsp3) is 0.480. The van der Waals surface area contributed by atoms with Crippen LogP contribution in [0.25, 0.3) is 0 Å². The van der Waals surface area contributed by atoms with Gasteiger partial charge in [0.05, 0.1) is 13.2 Å². The maximum atomic E-state index is 12.7. The smallest absolute Gasteiger partial charge is 0.315 e. The summed E-state index contributed by atoms with van der Waals surface area (Å²) in [7, 11) is 1.64. The van der Waals surface area contributed by atoms with Crippen LogP contribution in [-0.2, 0) is 6.42 Å². The van der Waals surface area contributed by atoms with Gasteiger partial charge in [-0.15, -0.1) is 0 Å². The van der Waals surface area contributed by atoms with Gasteiger partial charge in [0.25, 0.3) is 0 Å². The van der Waals surface area contributed by atoms with Crippen molar-refractivity contribution in [1.82, 2.24) is 15.5 Å². The van der Waals surface area contributed by atoms with Gasteiger partial charge in [0, 0.05) is 13.1 Å². The number of amides is 2. The Morgan fingerprint density at radius 2 is 1.82 bits per heavy atom. The fourth-order valence-electron chi connectivity index (χ4n) is 4.28. The standard InChI is InChI=1S/C25H33N3O5/c1-31-20-7-4-18(5-8-20)10-11-26-25(30)27-21(17-28-12-2-3-13-28)24(29)19-6-9-22-23(16-19)33-15-14-32-22/h4-9,16,21,24,29H,2-3,10-15,17H2,1H3,(H2,26,27,30)/t21-,24-/m1/s1. The average molecular weight is 456 g/mol. The quantitative estimate of drug-likeness (QED) is 0.538. The summed E-state index contributed by atoms with van der Waals surface area (Å²) in [5, 5.41) is 17.1. The molecule has 3 N–H and O–H groups in total. The van der Waals surface area contributed by atoms with E-state index in [0.29, 0.717) is 49.8 Å². The van der Waals surface area contributed by atoms with Crippen LogP contribution in [0.4, 0.5) is 4.79 Å². The summed E-state index contributed by atoms with van der Waals surface area (Å²) in [6.45, 7) is 4.04. The first-order valence-corrected chi connectivity index (χ1v) is 11.6. The molecule has 8 heteroatoms. The van der Waals surface area contributed by atoms with Crippen molar-refractivity contribution in [1.29, 1.82) is 0 Å². The number of carbonyl (C=O) groups excluding carboxylic acids is 1. The Hall–Kier alpha value is -2.97. The largest absolute Gasteiger partial charge is 0.497 e. The van der Waals surface area contributed by atoms with Crippen molar-refractivity contribution >= 4 is 6.03 Å². The first-order chi connectivity index (χ1) is 16.1. The number of methoxy groups -OCH3 is 1. The highest BCUT2D eigenvalue weighted by molar-refractivity contribution is 5.74. The number of likely N-dealkylation sites (tertiary alicyclic amines) is 1. The lowest BCUT2D eigenvalue weighted by atomic mass is 10.0. The Balaban J connectivity index is 1.36. The molecule has 33 heavy (non-hydrogen) atoms. The predicted molar refractivity (Wildman–Crippen MR) is 125 cm³/mol. The van der Waals surface area contributed by atoms with Crippen LogP contribution in [-0.4, -0.2) is 68.6 Å². The summed E-state index contributed by atoms with van der Waals surface area (Å²) in [4.78, 5) is 15.0. The number of ether oxygens (including phenoxy) is 3. The van der Waals surface area contributed by atoms with Crippen molar-refractivity contribution in [3.05, 3.63) is 53.6 Å². The Morgan fingerprint density at radius 3 is 2.55 bits per heavy atom. The molecule has 2 amide bonds. The fourth-order valence-corrected chi connectivity index (χ4v) is 4.28. The molecule has 2 aliphatic heterocycles. The van der Waals surface area contributed by atoms with Crippen LogP contribution < -0.4 is 24.8 Å². The topological polar surface area (TPSA) is 92.3 Å². The monoisotopic (exact) mass is 455 g/mol. The molecule has 2 aliphatic rings. The molecule has 2 atom stereocenters. The maximum Gasteiger partial charge on any atom is 0.315 e. The molecular formula is C25H33N3O5. The number of nitrogens with one attached hydrogen (secondary N) is 2. The number of hydrogen-bond donors (Lipinski definition) is 3. The molecule has 0 aromatic heterocycles. The SMILES string of the molecule is COc1ccc(CCNC(=O)N[C@H](CN2CCCC2)[C@H](O)c2ccc3c(c2)OCCO3)cc1. The number of fused-ring (bicyclic) bond motifs is 1. The number of nitrogens with zero attached hydrogens (tertiary/aromatic N) is 1. The number of benzene rings is 2. The molecular weight excluding hydrogens is 422 g/mol. The van der Waals surface area contributed by atoms with Gasteiger partial charge in [0.2, 0.25) is 0 Å².